The second-order valence-electron chi connectivity index (χ2n) is 5.13. The molecule has 0 aromatic carbocycles. The molecular weight excluding hydrogens is 256 g/mol. The van der Waals surface area contributed by atoms with E-state index in [-0.39, 0.29) is 24.4 Å². The smallest absolute Gasteiger partial charge is 0.240 e. The largest absolute Gasteiger partial charge is 0.347 e. The first kappa shape index (κ1) is 14.6. The Hall–Kier alpha value is -1.85. The third-order valence-corrected chi connectivity index (χ3v) is 3.60. The van der Waals surface area contributed by atoms with Gasteiger partial charge >= 0.3 is 0 Å². The second kappa shape index (κ2) is 7.07. The van der Waals surface area contributed by atoms with Crippen LogP contribution in [0, 0.1) is 0 Å². The minimum atomic E-state index is -0.125. The molecule has 2 heterocycles. The Morgan fingerprint density at radius 2 is 2.35 bits per heavy atom. The molecule has 0 bridgehead atoms. The fourth-order valence-corrected chi connectivity index (χ4v) is 2.45. The van der Waals surface area contributed by atoms with Gasteiger partial charge in [0.1, 0.15) is 5.82 Å². The van der Waals surface area contributed by atoms with Crippen molar-refractivity contribution in [1.29, 1.82) is 0 Å². The Labute approximate surface area is 119 Å². The molecule has 0 saturated carbocycles. The summed E-state index contributed by atoms with van der Waals surface area (Å²) in [6, 6.07) is -0.125. The van der Waals surface area contributed by atoms with E-state index in [4.69, 9.17) is 0 Å². The molecular formula is C14H22N4O2. The van der Waals surface area contributed by atoms with E-state index >= 15 is 0 Å². The molecule has 110 valence electrons. The van der Waals surface area contributed by atoms with Gasteiger partial charge in [-0.3, -0.25) is 9.59 Å². The summed E-state index contributed by atoms with van der Waals surface area (Å²) in [6.07, 6.45) is 7.70. The topological polar surface area (TPSA) is 78.1 Å². The van der Waals surface area contributed by atoms with Crippen LogP contribution in [-0.2, 0) is 9.59 Å². The molecule has 6 nitrogen and oxygen atoms in total. The van der Waals surface area contributed by atoms with Gasteiger partial charge in [-0.15, -0.1) is 0 Å². The van der Waals surface area contributed by atoms with Gasteiger partial charge in [-0.05, 0) is 19.3 Å². The van der Waals surface area contributed by atoms with Crippen LogP contribution in [0.2, 0.25) is 0 Å². The fraction of sp³-hybridized carbons (Fsp3) is 0.643. The quantitative estimate of drug-likeness (QED) is 0.854. The fourth-order valence-electron chi connectivity index (χ4n) is 2.45. The van der Waals surface area contributed by atoms with Crippen LogP contribution in [-0.4, -0.2) is 39.8 Å². The lowest BCUT2D eigenvalue weighted by atomic mass is 10.2. The molecule has 1 unspecified atom stereocenters. The molecule has 1 fully saturated rings. The molecule has 1 atom stereocenters. The van der Waals surface area contributed by atoms with Crippen molar-refractivity contribution in [2.24, 2.45) is 0 Å². The van der Waals surface area contributed by atoms with Crippen molar-refractivity contribution in [3.8, 4) is 0 Å². The van der Waals surface area contributed by atoms with Crippen molar-refractivity contribution in [3.63, 3.8) is 0 Å². The summed E-state index contributed by atoms with van der Waals surface area (Å²) < 4.78 is 0. The predicted molar refractivity (Wildman–Crippen MR) is 74.8 cm³/mol. The monoisotopic (exact) mass is 278 g/mol. The van der Waals surface area contributed by atoms with E-state index in [1.165, 1.54) is 0 Å². The highest BCUT2D eigenvalue weighted by Gasteiger charge is 2.21. The van der Waals surface area contributed by atoms with E-state index in [1.54, 1.807) is 17.3 Å². The number of hydrogen-bond donors (Lipinski definition) is 2. The van der Waals surface area contributed by atoms with Crippen molar-refractivity contribution in [2.75, 3.05) is 13.1 Å². The Morgan fingerprint density at radius 3 is 3.05 bits per heavy atom. The van der Waals surface area contributed by atoms with Gasteiger partial charge in [-0.25, -0.2) is 4.98 Å². The van der Waals surface area contributed by atoms with Crippen LogP contribution in [0.1, 0.15) is 50.9 Å². The Kier molecular flexibility index (Phi) is 5.15. The van der Waals surface area contributed by atoms with Gasteiger partial charge < -0.3 is 15.2 Å². The summed E-state index contributed by atoms with van der Waals surface area (Å²) in [4.78, 5) is 32.8. The molecule has 20 heavy (non-hydrogen) atoms. The van der Waals surface area contributed by atoms with Crippen LogP contribution in [0.4, 0.5) is 0 Å². The number of carbonyl (C=O) groups is 2. The number of rotatable bonds is 5. The molecule has 2 N–H and O–H groups in total. The van der Waals surface area contributed by atoms with E-state index in [0.717, 1.165) is 31.5 Å². The van der Waals surface area contributed by atoms with E-state index in [9.17, 15) is 9.59 Å². The number of aromatic nitrogens is 2. The normalized spacial score (nSPS) is 17.6. The first-order valence-corrected chi connectivity index (χ1v) is 7.27. The van der Waals surface area contributed by atoms with Crippen LogP contribution in [0.15, 0.2) is 12.4 Å². The average molecular weight is 278 g/mol. The van der Waals surface area contributed by atoms with E-state index in [1.807, 2.05) is 6.92 Å². The number of imidazole rings is 1. The van der Waals surface area contributed by atoms with Crippen LogP contribution in [0.25, 0.3) is 0 Å². The third-order valence-electron chi connectivity index (χ3n) is 3.60. The third kappa shape index (κ3) is 3.82. The highest BCUT2D eigenvalue weighted by molar-refractivity contribution is 5.85. The molecule has 0 spiro atoms. The van der Waals surface area contributed by atoms with E-state index in [2.05, 4.69) is 15.3 Å². The van der Waals surface area contributed by atoms with Crippen LogP contribution in [0.3, 0.4) is 0 Å². The summed E-state index contributed by atoms with van der Waals surface area (Å²) >= 11 is 0. The summed E-state index contributed by atoms with van der Waals surface area (Å²) in [7, 11) is 0. The molecule has 2 rings (SSSR count). The number of likely N-dealkylation sites (tertiary alicyclic amines) is 1. The minimum absolute atomic E-state index is 0.0868. The Morgan fingerprint density at radius 1 is 1.50 bits per heavy atom. The van der Waals surface area contributed by atoms with Crippen molar-refractivity contribution in [1.82, 2.24) is 20.2 Å². The van der Waals surface area contributed by atoms with Crippen molar-refractivity contribution >= 4 is 11.8 Å². The number of H-pyrrole nitrogens is 1. The zero-order valence-corrected chi connectivity index (χ0v) is 11.9. The summed E-state index contributed by atoms with van der Waals surface area (Å²) in [5.41, 5.74) is 0. The number of amides is 2. The van der Waals surface area contributed by atoms with Crippen LogP contribution < -0.4 is 5.32 Å². The maximum Gasteiger partial charge on any atom is 0.240 e. The lowest BCUT2D eigenvalue weighted by molar-refractivity contribution is -0.135. The molecule has 6 heteroatoms. The molecule has 1 aromatic rings. The van der Waals surface area contributed by atoms with Crippen molar-refractivity contribution in [2.45, 2.75) is 45.1 Å². The van der Waals surface area contributed by atoms with Crippen molar-refractivity contribution in [3.05, 3.63) is 18.2 Å². The highest BCUT2D eigenvalue weighted by Crippen LogP contribution is 2.13. The predicted octanol–water partition coefficient (Wildman–Crippen LogP) is 1.38. The van der Waals surface area contributed by atoms with Crippen LogP contribution in [0.5, 0.6) is 0 Å². The lowest BCUT2D eigenvalue weighted by Crippen LogP contribution is -2.41. The van der Waals surface area contributed by atoms with Gasteiger partial charge in [0.25, 0.3) is 0 Å². The van der Waals surface area contributed by atoms with Gasteiger partial charge in [0, 0.05) is 25.4 Å². The highest BCUT2D eigenvalue weighted by atomic mass is 16.2. The molecule has 2 amide bonds. The summed E-state index contributed by atoms with van der Waals surface area (Å²) in [6.45, 7) is 2.82. The molecule has 1 aliphatic rings. The molecule has 0 radical (unpaired) electrons. The number of carbonyl (C=O) groups excluding carboxylic acids is 2. The molecule has 1 saturated heterocycles. The van der Waals surface area contributed by atoms with Crippen molar-refractivity contribution < 1.29 is 9.59 Å². The van der Waals surface area contributed by atoms with Crippen LogP contribution >= 0.6 is 0 Å². The zero-order chi connectivity index (χ0) is 14.4. The maximum absolute atomic E-state index is 12.1. The summed E-state index contributed by atoms with van der Waals surface area (Å²) in [5.74, 6) is 0.718. The van der Waals surface area contributed by atoms with Gasteiger partial charge in [-0.1, -0.05) is 13.3 Å². The number of aromatic amines is 1. The SMILES string of the molecule is CCC(NC(=O)CN1CCCCCC1=O)c1ncc[nH]1. The Bertz CT molecular complexity index is 444. The van der Waals surface area contributed by atoms with Gasteiger partial charge in [0.15, 0.2) is 0 Å². The maximum atomic E-state index is 12.1. The molecule has 1 aromatic heterocycles. The zero-order valence-electron chi connectivity index (χ0n) is 11.9. The van der Waals surface area contributed by atoms with Gasteiger partial charge in [-0.2, -0.15) is 0 Å². The lowest BCUT2D eigenvalue weighted by Gasteiger charge is -2.22. The molecule has 0 aliphatic carbocycles. The average Bonchev–Trinajstić information content (AvgIpc) is 2.89. The molecule has 1 aliphatic heterocycles. The van der Waals surface area contributed by atoms with E-state index < -0.39 is 0 Å². The summed E-state index contributed by atoms with van der Waals surface area (Å²) in [5, 5.41) is 2.93. The minimum Gasteiger partial charge on any atom is -0.347 e. The Balaban J connectivity index is 1.89. The second-order valence-corrected chi connectivity index (χ2v) is 5.13. The van der Waals surface area contributed by atoms with E-state index in [0.29, 0.717) is 13.0 Å². The number of hydrogen-bond acceptors (Lipinski definition) is 3. The number of nitrogens with zero attached hydrogens (tertiary/aromatic N) is 2. The van der Waals surface area contributed by atoms with Gasteiger partial charge in [0.05, 0.1) is 12.6 Å². The standard InChI is InChI=1S/C14H22N4O2/c1-2-11(14-15-7-8-16-14)17-12(19)10-18-9-5-3-4-6-13(18)20/h7-8,11H,2-6,9-10H2,1H3,(H,15,16)(H,17,19). The first-order chi connectivity index (χ1) is 9.70. The number of nitrogens with one attached hydrogen (secondary N) is 2. The first-order valence-electron chi connectivity index (χ1n) is 7.27. The van der Waals surface area contributed by atoms with Gasteiger partial charge in [0.2, 0.25) is 11.8 Å².